The van der Waals surface area contributed by atoms with E-state index in [1.165, 1.54) is 12.1 Å². The van der Waals surface area contributed by atoms with Gasteiger partial charge in [0.1, 0.15) is 0 Å². The first kappa shape index (κ1) is 15.8. The first-order valence-electron chi connectivity index (χ1n) is 6.35. The highest BCUT2D eigenvalue weighted by molar-refractivity contribution is 9.10. The van der Waals surface area contributed by atoms with Gasteiger partial charge in [-0.3, -0.25) is 4.79 Å². The maximum atomic E-state index is 12.4. The van der Waals surface area contributed by atoms with Gasteiger partial charge in [0.2, 0.25) is 0 Å². The van der Waals surface area contributed by atoms with Crippen LogP contribution in [0.1, 0.15) is 30.1 Å². The molecule has 0 bridgehead atoms. The van der Waals surface area contributed by atoms with Gasteiger partial charge >= 0.3 is 0 Å². The smallest absolute Gasteiger partial charge is 0.261 e. The molecule has 1 atom stereocenters. The Kier molecular flexibility index (Phi) is 4.76. The lowest BCUT2D eigenvalue weighted by Crippen LogP contribution is -2.28. The largest absolute Gasteiger partial charge is 0.338 e. The van der Waals surface area contributed by atoms with Crippen molar-refractivity contribution in [2.24, 2.45) is 5.92 Å². The van der Waals surface area contributed by atoms with Crippen molar-refractivity contribution < 1.29 is 13.2 Å². The molecule has 4 nitrogen and oxygen atoms in total. The van der Waals surface area contributed by atoms with Gasteiger partial charge in [0.25, 0.3) is 15.0 Å². The number of carbonyl (C=O) groups is 1. The highest BCUT2D eigenvalue weighted by atomic mass is 79.9. The zero-order chi connectivity index (χ0) is 14.9. The van der Waals surface area contributed by atoms with Gasteiger partial charge in [-0.2, -0.15) is 0 Å². The highest BCUT2D eigenvalue weighted by Crippen LogP contribution is 2.25. The van der Waals surface area contributed by atoms with Gasteiger partial charge < -0.3 is 4.90 Å². The normalized spacial score (nSPS) is 19.4. The molecule has 1 unspecified atom stereocenters. The quantitative estimate of drug-likeness (QED) is 0.756. The van der Waals surface area contributed by atoms with E-state index in [0.29, 0.717) is 22.5 Å². The third-order valence-corrected chi connectivity index (χ3v) is 5.34. The summed E-state index contributed by atoms with van der Waals surface area (Å²) >= 11 is 3.21. The Morgan fingerprint density at radius 3 is 2.70 bits per heavy atom. The molecule has 1 saturated heterocycles. The minimum Gasteiger partial charge on any atom is -0.338 e. The van der Waals surface area contributed by atoms with Gasteiger partial charge in [0.15, 0.2) is 0 Å². The first-order chi connectivity index (χ1) is 9.31. The van der Waals surface area contributed by atoms with E-state index in [1.807, 2.05) is 0 Å². The monoisotopic (exact) mass is 379 g/mol. The Hall–Kier alpha value is -0.590. The second kappa shape index (κ2) is 6.03. The predicted molar refractivity (Wildman–Crippen MR) is 81.5 cm³/mol. The van der Waals surface area contributed by atoms with E-state index in [-0.39, 0.29) is 10.8 Å². The maximum absolute atomic E-state index is 12.4. The SMILES string of the molecule is CCC1CCN(C(=O)c2cc(Br)cc(S(=O)(=O)Cl)c2)C1. The fraction of sp³-hybridized carbons (Fsp3) is 0.462. The van der Waals surface area contributed by atoms with Crippen molar-refractivity contribution in [1.29, 1.82) is 0 Å². The number of hydrogen-bond donors (Lipinski definition) is 0. The molecule has 7 heteroatoms. The first-order valence-corrected chi connectivity index (χ1v) is 9.46. The summed E-state index contributed by atoms with van der Waals surface area (Å²) in [7, 11) is 1.49. The van der Waals surface area contributed by atoms with Crippen LogP contribution in [0.3, 0.4) is 0 Å². The summed E-state index contributed by atoms with van der Waals surface area (Å²) in [4.78, 5) is 14.1. The van der Waals surface area contributed by atoms with E-state index in [9.17, 15) is 13.2 Å². The lowest BCUT2D eigenvalue weighted by Gasteiger charge is -2.17. The van der Waals surface area contributed by atoms with Crippen LogP contribution in [0, 0.1) is 5.92 Å². The van der Waals surface area contributed by atoms with Crippen molar-refractivity contribution in [2.45, 2.75) is 24.7 Å². The van der Waals surface area contributed by atoms with Crippen molar-refractivity contribution in [3.05, 3.63) is 28.2 Å². The fourth-order valence-electron chi connectivity index (χ4n) is 2.36. The lowest BCUT2D eigenvalue weighted by atomic mass is 10.1. The molecule has 1 aliphatic heterocycles. The Morgan fingerprint density at radius 1 is 1.45 bits per heavy atom. The Morgan fingerprint density at radius 2 is 2.15 bits per heavy atom. The Balaban J connectivity index is 2.29. The average molecular weight is 381 g/mol. The Labute approximate surface area is 131 Å². The van der Waals surface area contributed by atoms with Crippen LogP contribution in [0.2, 0.25) is 0 Å². The van der Waals surface area contributed by atoms with Gasteiger partial charge in [-0.05, 0) is 30.5 Å². The van der Waals surface area contributed by atoms with E-state index in [0.717, 1.165) is 19.4 Å². The van der Waals surface area contributed by atoms with Crippen LogP contribution >= 0.6 is 26.6 Å². The van der Waals surface area contributed by atoms with Crippen molar-refractivity contribution >= 4 is 41.6 Å². The molecule has 0 saturated carbocycles. The average Bonchev–Trinajstić information content (AvgIpc) is 2.84. The molecule has 1 amide bonds. The molecule has 0 N–H and O–H groups in total. The maximum Gasteiger partial charge on any atom is 0.261 e. The van der Waals surface area contributed by atoms with Gasteiger partial charge in [-0.25, -0.2) is 8.42 Å². The zero-order valence-corrected chi connectivity index (χ0v) is 14.1. The number of amides is 1. The van der Waals surface area contributed by atoms with Crippen LogP contribution in [0.25, 0.3) is 0 Å². The molecule has 20 heavy (non-hydrogen) atoms. The standard InChI is InChI=1S/C13H15BrClNO3S/c1-2-9-3-4-16(8-9)13(17)10-5-11(14)7-12(6-10)20(15,18)19/h5-7,9H,2-4,8H2,1H3. The summed E-state index contributed by atoms with van der Waals surface area (Å²) < 4.78 is 23.3. The number of hydrogen-bond acceptors (Lipinski definition) is 3. The number of carbonyl (C=O) groups excluding carboxylic acids is 1. The highest BCUT2D eigenvalue weighted by Gasteiger charge is 2.26. The minimum atomic E-state index is -3.85. The van der Waals surface area contributed by atoms with E-state index in [2.05, 4.69) is 22.9 Å². The van der Waals surface area contributed by atoms with Crippen LogP contribution in [-0.4, -0.2) is 32.3 Å². The van der Waals surface area contributed by atoms with E-state index < -0.39 is 9.05 Å². The summed E-state index contributed by atoms with van der Waals surface area (Å²) in [6.45, 7) is 3.55. The van der Waals surface area contributed by atoms with Crippen molar-refractivity contribution in [2.75, 3.05) is 13.1 Å². The number of benzene rings is 1. The fourth-order valence-corrected chi connectivity index (χ4v) is 3.81. The van der Waals surface area contributed by atoms with Gasteiger partial charge in [-0.15, -0.1) is 0 Å². The second-order valence-electron chi connectivity index (χ2n) is 4.93. The molecule has 110 valence electrons. The molecule has 0 radical (unpaired) electrons. The van der Waals surface area contributed by atoms with Crippen LogP contribution in [0.4, 0.5) is 0 Å². The summed E-state index contributed by atoms with van der Waals surface area (Å²) in [5.74, 6) is 0.381. The summed E-state index contributed by atoms with van der Waals surface area (Å²) in [6, 6.07) is 4.33. The minimum absolute atomic E-state index is 0.0665. The molecular weight excluding hydrogens is 366 g/mol. The van der Waals surface area contributed by atoms with Crippen molar-refractivity contribution in [1.82, 2.24) is 4.90 Å². The number of rotatable bonds is 3. The van der Waals surface area contributed by atoms with Crippen LogP contribution in [0.15, 0.2) is 27.6 Å². The molecule has 0 aromatic heterocycles. The van der Waals surface area contributed by atoms with Crippen molar-refractivity contribution in [3.8, 4) is 0 Å². The van der Waals surface area contributed by atoms with Crippen LogP contribution < -0.4 is 0 Å². The number of likely N-dealkylation sites (tertiary alicyclic amines) is 1. The van der Waals surface area contributed by atoms with Gasteiger partial charge in [-0.1, -0.05) is 29.3 Å². The Bertz CT molecular complexity index is 633. The molecule has 1 fully saturated rings. The third kappa shape index (κ3) is 3.54. The van der Waals surface area contributed by atoms with Crippen LogP contribution in [-0.2, 0) is 9.05 Å². The number of halogens is 2. The molecule has 1 aromatic rings. The van der Waals surface area contributed by atoms with Gasteiger partial charge in [0, 0.05) is 33.8 Å². The van der Waals surface area contributed by atoms with E-state index in [1.54, 1.807) is 11.0 Å². The molecule has 1 aliphatic rings. The molecule has 2 rings (SSSR count). The summed E-state index contributed by atoms with van der Waals surface area (Å²) in [6.07, 6.45) is 2.04. The predicted octanol–water partition coefficient (Wildman–Crippen LogP) is 3.25. The second-order valence-corrected chi connectivity index (χ2v) is 8.41. The summed E-state index contributed by atoms with van der Waals surface area (Å²) in [5.41, 5.74) is 0.343. The molecule has 1 heterocycles. The lowest BCUT2D eigenvalue weighted by molar-refractivity contribution is 0.0786. The topological polar surface area (TPSA) is 54.5 Å². The number of nitrogens with zero attached hydrogens (tertiary/aromatic N) is 1. The van der Waals surface area contributed by atoms with E-state index in [4.69, 9.17) is 10.7 Å². The zero-order valence-electron chi connectivity index (χ0n) is 11.0. The molecular formula is C13H15BrClNO3S. The van der Waals surface area contributed by atoms with Crippen molar-refractivity contribution in [3.63, 3.8) is 0 Å². The van der Waals surface area contributed by atoms with Crippen LogP contribution in [0.5, 0.6) is 0 Å². The summed E-state index contributed by atoms with van der Waals surface area (Å²) in [5, 5.41) is 0. The van der Waals surface area contributed by atoms with E-state index >= 15 is 0 Å². The molecule has 1 aromatic carbocycles. The molecule has 0 aliphatic carbocycles. The third-order valence-electron chi connectivity index (χ3n) is 3.55. The van der Waals surface area contributed by atoms with Gasteiger partial charge in [0.05, 0.1) is 4.90 Å². The molecule has 0 spiro atoms.